The quantitative estimate of drug-likeness (QED) is 0.0870. The fourth-order valence-corrected chi connectivity index (χ4v) is 9.70. The van der Waals surface area contributed by atoms with Crippen LogP contribution in [0, 0.1) is 22.7 Å². The SMILES string of the molecule is C/C(=C/COPP)CCC1C(C)(O)CCC2C(C)(C)CCC[C@@]21C.CC(C)=CCC/C(C)=C\CC/C(C)=C/CC/C(C)=C\CPP=O. The highest BCUT2D eigenvalue weighted by atomic mass is 32.0. The monoisotopic (exact) mass is 724 g/mol. The van der Waals surface area contributed by atoms with Crippen LogP contribution < -0.4 is 0 Å². The average molecular weight is 725 g/mol. The Bertz CT molecular complexity index is 1080. The molecule has 6 unspecified atom stereocenters. The normalized spacial score (nSPS) is 27.3. The minimum Gasteiger partial charge on any atom is -0.390 e. The lowest BCUT2D eigenvalue weighted by molar-refractivity contribution is -0.168. The molecule has 1 N–H and O–H groups in total. The Morgan fingerprint density at radius 3 is 1.91 bits per heavy atom. The number of aliphatic hydroxyl groups is 1. The number of fused-ring (bicyclic) bond motifs is 1. The van der Waals surface area contributed by atoms with Gasteiger partial charge in [0.1, 0.15) is 0 Å². The van der Waals surface area contributed by atoms with E-state index in [0.29, 0.717) is 34.7 Å². The van der Waals surface area contributed by atoms with Crippen molar-refractivity contribution in [3.63, 3.8) is 0 Å². The molecule has 0 heterocycles. The highest BCUT2D eigenvalue weighted by Crippen LogP contribution is 2.63. The van der Waals surface area contributed by atoms with Crippen LogP contribution in [0.2, 0.25) is 0 Å². The molecule has 0 radical (unpaired) electrons. The van der Waals surface area contributed by atoms with Gasteiger partial charge in [-0.2, -0.15) is 0 Å². The lowest BCUT2D eigenvalue weighted by Crippen LogP contribution is -2.57. The molecule has 7 atom stereocenters. The minimum atomic E-state index is -0.517. The lowest BCUT2D eigenvalue weighted by atomic mass is 9.45. The van der Waals surface area contributed by atoms with Crippen molar-refractivity contribution in [2.45, 2.75) is 158 Å². The van der Waals surface area contributed by atoms with Crippen molar-refractivity contribution in [3.05, 3.63) is 58.2 Å². The van der Waals surface area contributed by atoms with Crippen molar-refractivity contribution in [3.8, 4) is 0 Å². The molecule has 0 aliphatic heterocycles. The first kappa shape index (κ1) is 45.0. The van der Waals surface area contributed by atoms with Crippen molar-refractivity contribution in [2.24, 2.45) is 22.7 Å². The Hall–Kier alpha value is 0.01000. The first-order chi connectivity index (χ1) is 22.1. The third kappa shape index (κ3) is 17.7. The largest absolute Gasteiger partial charge is 0.390 e. The maximum absolute atomic E-state index is 11.2. The fourth-order valence-electron chi connectivity index (χ4n) is 8.22. The summed E-state index contributed by atoms with van der Waals surface area (Å²) in [5, 5.41) is 11.2. The standard InChI is InChI=1S/C20H38O2P2.C20H34OP2/c1-15(10-14-22-24-23)7-8-17-19(4)12-6-11-18(2,3)16(19)9-13-20(17,5)21;1-17(2)9-6-10-18(3)11-7-12-19(4)13-8-14-20(5)15-16-22-23-21/h10,16-17,21,24H,6-9,11-14,23H2,1-5H3;9,11,13,15,22H,6-8,10,12,14,16H2,1-5H3/b15-10-;18-11-,19-13+,20-15-/t16?,17?,19-,20?;/m0./s1. The summed E-state index contributed by atoms with van der Waals surface area (Å²) in [6.07, 6.45) is 27.6. The third-order valence-corrected chi connectivity index (χ3v) is 13.2. The Balaban J connectivity index is 0.000000471. The molecule has 2 fully saturated rings. The van der Waals surface area contributed by atoms with Gasteiger partial charge in [0.2, 0.25) is 0 Å². The van der Waals surface area contributed by atoms with E-state index in [-0.39, 0.29) is 13.6 Å². The predicted molar refractivity (Wildman–Crippen MR) is 219 cm³/mol. The van der Waals surface area contributed by atoms with Gasteiger partial charge >= 0.3 is 0 Å². The molecule has 2 rings (SSSR count). The third-order valence-electron chi connectivity index (χ3n) is 10.9. The molecule has 0 spiro atoms. The average Bonchev–Trinajstić information content (AvgIpc) is 2.96. The van der Waals surface area contributed by atoms with Gasteiger partial charge in [-0.3, -0.25) is 4.57 Å². The van der Waals surface area contributed by atoms with Crippen LogP contribution in [-0.2, 0) is 9.09 Å². The summed E-state index contributed by atoms with van der Waals surface area (Å²) in [6, 6.07) is 0. The smallest absolute Gasteiger partial charge is 0.178 e. The predicted octanol–water partition coefficient (Wildman–Crippen LogP) is 14.1. The fraction of sp³-hybridized carbons (Fsp3) is 0.750. The van der Waals surface area contributed by atoms with E-state index < -0.39 is 5.60 Å². The molecule has 0 amide bonds. The van der Waals surface area contributed by atoms with E-state index in [0.717, 1.165) is 57.0 Å². The Morgan fingerprint density at radius 1 is 0.809 bits per heavy atom. The van der Waals surface area contributed by atoms with E-state index in [1.54, 1.807) is 0 Å². The zero-order valence-electron chi connectivity index (χ0n) is 31.9. The van der Waals surface area contributed by atoms with E-state index in [4.69, 9.17) is 4.52 Å². The second-order valence-electron chi connectivity index (χ2n) is 15.9. The Kier molecular flexibility index (Phi) is 22.5. The van der Waals surface area contributed by atoms with Crippen LogP contribution in [0.5, 0.6) is 0 Å². The zero-order chi connectivity index (χ0) is 35.5. The number of hydrogen-bond acceptors (Lipinski definition) is 3. The summed E-state index contributed by atoms with van der Waals surface area (Å²) in [5.74, 6) is 1.14. The lowest BCUT2D eigenvalue weighted by Gasteiger charge is -2.61. The highest BCUT2D eigenvalue weighted by Gasteiger charge is 2.57. The molecule has 47 heavy (non-hydrogen) atoms. The molecular weight excluding hydrogens is 652 g/mol. The van der Waals surface area contributed by atoms with Gasteiger partial charge in [0, 0.05) is 8.50 Å². The van der Waals surface area contributed by atoms with E-state index in [9.17, 15) is 9.67 Å². The summed E-state index contributed by atoms with van der Waals surface area (Å²) in [4.78, 5) is 0. The second kappa shape index (κ2) is 23.5. The highest BCUT2D eigenvalue weighted by molar-refractivity contribution is 8.06. The van der Waals surface area contributed by atoms with Crippen LogP contribution in [0.25, 0.3) is 0 Å². The van der Waals surface area contributed by atoms with Crippen LogP contribution in [0.1, 0.15) is 153 Å². The number of hydrogen-bond donors (Lipinski definition) is 1. The zero-order valence-corrected chi connectivity index (χ0v) is 36.0. The van der Waals surface area contributed by atoms with Crippen LogP contribution >= 0.6 is 33.8 Å². The minimum absolute atomic E-state index is 0.279. The van der Waals surface area contributed by atoms with Gasteiger partial charge in [0.05, 0.1) is 12.2 Å². The van der Waals surface area contributed by atoms with E-state index in [2.05, 4.69) is 109 Å². The maximum atomic E-state index is 11.2. The number of rotatable bonds is 18. The first-order valence-electron chi connectivity index (χ1n) is 18.2. The van der Waals surface area contributed by atoms with Gasteiger partial charge in [-0.15, -0.1) is 0 Å². The summed E-state index contributed by atoms with van der Waals surface area (Å²) >= 11 is 0. The molecule has 2 saturated carbocycles. The molecule has 0 aromatic rings. The van der Waals surface area contributed by atoms with E-state index in [1.165, 1.54) is 66.4 Å². The van der Waals surface area contributed by atoms with Gasteiger partial charge in [-0.1, -0.05) is 94.4 Å². The van der Waals surface area contributed by atoms with E-state index >= 15 is 0 Å². The van der Waals surface area contributed by atoms with Gasteiger partial charge < -0.3 is 9.63 Å². The molecule has 0 aromatic carbocycles. The molecule has 2 aliphatic carbocycles. The van der Waals surface area contributed by atoms with Gasteiger partial charge in [0.25, 0.3) is 0 Å². The van der Waals surface area contributed by atoms with Crippen molar-refractivity contribution < 1.29 is 14.2 Å². The van der Waals surface area contributed by atoms with Crippen molar-refractivity contribution in [1.29, 1.82) is 0 Å². The van der Waals surface area contributed by atoms with Crippen LogP contribution in [0.4, 0.5) is 0 Å². The molecule has 2 aliphatic rings. The van der Waals surface area contributed by atoms with Crippen LogP contribution in [0.15, 0.2) is 58.2 Å². The topological polar surface area (TPSA) is 46.5 Å². The van der Waals surface area contributed by atoms with Crippen molar-refractivity contribution in [2.75, 3.05) is 12.8 Å². The number of allylic oxidation sites excluding steroid dienone is 9. The van der Waals surface area contributed by atoms with Crippen molar-refractivity contribution >= 4 is 33.8 Å². The van der Waals surface area contributed by atoms with Crippen LogP contribution in [0.3, 0.4) is 0 Å². The second-order valence-corrected chi connectivity index (χ2v) is 19.5. The Morgan fingerprint density at radius 2 is 1.36 bits per heavy atom. The molecular formula is C40H72O3P4. The summed E-state index contributed by atoms with van der Waals surface area (Å²) < 4.78 is 15.8. The summed E-state index contributed by atoms with van der Waals surface area (Å²) in [7, 11) is 3.90. The van der Waals surface area contributed by atoms with Crippen molar-refractivity contribution in [1.82, 2.24) is 0 Å². The van der Waals surface area contributed by atoms with E-state index in [1.807, 2.05) is 0 Å². The summed E-state index contributed by atoms with van der Waals surface area (Å²) in [5.41, 5.74) is 7.40. The molecule has 3 nitrogen and oxygen atoms in total. The maximum Gasteiger partial charge on any atom is 0.178 e. The molecule has 270 valence electrons. The first-order valence-corrected chi connectivity index (χ1v) is 23.8. The van der Waals surface area contributed by atoms with Gasteiger partial charge in [-0.05, 0) is 163 Å². The molecule has 0 bridgehead atoms. The molecule has 0 aromatic heterocycles. The van der Waals surface area contributed by atoms with Crippen LogP contribution in [-0.4, -0.2) is 23.5 Å². The molecule has 0 saturated heterocycles. The Labute approximate surface area is 299 Å². The van der Waals surface area contributed by atoms with Gasteiger partial charge in [0.15, 0.2) is 8.15 Å². The van der Waals surface area contributed by atoms with Gasteiger partial charge in [-0.25, -0.2) is 0 Å². The summed E-state index contributed by atoms with van der Waals surface area (Å²) in [6.45, 7) is 23.4. The molecule has 7 heteroatoms.